The van der Waals surface area contributed by atoms with Crippen molar-refractivity contribution < 1.29 is 0 Å². The van der Waals surface area contributed by atoms with Crippen LogP contribution in [0.3, 0.4) is 0 Å². The Bertz CT molecular complexity index is 410. The fourth-order valence-corrected chi connectivity index (χ4v) is 3.17. The normalized spacial score (nSPS) is 23.9. The summed E-state index contributed by atoms with van der Waals surface area (Å²) in [6.07, 6.45) is 5.77. The SMILES string of the molecule is CCCc1nn(C)c(N2C(C)CCC2CC)c1N. The van der Waals surface area contributed by atoms with Gasteiger partial charge in [0.15, 0.2) is 5.82 Å². The highest BCUT2D eigenvalue weighted by molar-refractivity contribution is 5.67. The van der Waals surface area contributed by atoms with E-state index in [-0.39, 0.29) is 0 Å². The van der Waals surface area contributed by atoms with Gasteiger partial charge in [-0.25, -0.2) is 0 Å². The first kappa shape index (κ1) is 13.2. The van der Waals surface area contributed by atoms with E-state index in [1.54, 1.807) is 0 Å². The first-order chi connectivity index (χ1) is 8.60. The highest BCUT2D eigenvalue weighted by Crippen LogP contribution is 2.36. The van der Waals surface area contributed by atoms with Crippen molar-refractivity contribution >= 4 is 11.5 Å². The van der Waals surface area contributed by atoms with Crippen LogP contribution in [0.1, 0.15) is 52.1 Å². The van der Waals surface area contributed by atoms with E-state index in [9.17, 15) is 0 Å². The molecule has 0 saturated carbocycles. The lowest BCUT2D eigenvalue weighted by Gasteiger charge is -2.30. The van der Waals surface area contributed by atoms with Crippen LogP contribution in [0.2, 0.25) is 0 Å². The molecule has 18 heavy (non-hydrogen) atoms. The van der Waals surface area contributed by atoms with E-state index in [1.165, 1.54) is 19.3 Å². The molecule has 4 heteroatoms. The van der Waals surface area contributed by atoms with Gasteiger partial charge in [0.1, 0.15) is 0 Å². The van der Waals surface area contributed by atoms with Gasteiger partial charge in [-0.15, -0.1) is 0 Å². The number of nitrogens with two attached hydrogens (primary N) is 1. The molecule has 2 heterocycles. The lowest BCUT2D eigenvalue weighted by Crippen LogP contribution is -2.36. The summed E-state index contributed by atoms with van der Waals surface area (Å²) in [4.78, 5) is 2.49. The van der Waals surface area contributed by atoms with Crippen LogP contribution in [0, 0.1) is 0 Å². The van der Waals surface area contributed by atoms with E-state index in [2.05, 4.69) is 30.8 Å². The molecule has 102 valence electrons. The Labute approximate surface area is 110 Å². The highest BCUT2D eigenvalue weighted by Gasteiger charge is 2.33. The molecule has 1 aromatic heterocycles. The monoisotopic (exact) mass is 250 g/mol. The van der Waals surface area contributed by atoms with Crippen molar-refractivity contribution in [3.8, 4) is 0 Å². The van der Waals surface area contributed by atoms with Crippen LogP contribution in [0.5, 0.6) is 0 Å². The number of nitrogen functional groups attached to an aromatic ring is 1. The van der Waals surface area contributed by atoms with Crippen molar-refractivity contribution in [3.63, 3.8) is 0 Å². The second-order valence-corrected chi connectivity index (χ2v) is 5.45. The molecular weight excluding hydrogens is 224 g/mol. The van der Waals surface area contributed by atoms with E-state index in [0.717, 1.165) is 30.0 Å². The smallest absolute Gasteiger partial charge is 0.150 e. The van der Waals surface area contributed by atoms with Gasteiger partial charge in [0, 0.05) is 19.1 Å². The highest BCUT2D eigenvalue weighted by atomic mass is 15.4. The first-order valence-electron chi connectivity index (χ1n) is 7.19. The molecule has 1 saturated heterocycles. The molecular formula is C14H26N4. The third-order valence-corrected chi connectivity index (χ3v) is 4.12. The summed E-state index contributed by atoms with van der Waals surface area (Å²) in [6.45, 7) is 6.72. The van der Waals surface area contributed by atoms with Gasteiger partial charge in [0.2, 0.25) is 0 Å². The van der Waals surface area contributed by atoms with Crippen LogP contribution in [-0.4, -0.2) is 21.9 Å². The molecule has 0 bridgehead atoms. The number of nitrogens with zero attached hydrogens (tertiary/aromatic N) is 3. The molecule has 0 amide bonds. The molecule has 0 aliphatic carbocycles. The Morgan fingerprint density at radius 2 is 2.06 bits per heavy atom. The van der Waals surface area contributed by atoms with Crippen LogP contribution >= 0.6 is 0 Å². The summed E-state index contributed by atoms with van der Waals surface area (Å²) in [5.74, 6) is 1.13. The molecule has 0 aromatic carbocycles. The maximum Gasteiger partial charge on any atom is 0.150 e. The van der Waals surface area contributed by atoms with E-state index >= 15 is 0 Å². The average molecular weight is 250 g/mol. The minimum atomic E-state index is 0.571. The summed E-state index contributed by atoms with van der Waals surface area (Å²) in [7, 11) is 2.02. The fourth-order valence-electron chi connectivity index (χ4n) is 3.17. The quantitative estimate of drug-likeness (QED) is 0.893. The summed E-state index contributed by atoms with van der Waals surface area (Å²) in [6, 6.07) is 1.19. The van der Waals surface area contributed by atoms with Crippen LogP contribution in [-0.2, 0) is 13.5 Å². The number of rotatable bonds is 4. The molecule has 2 atom stereocenters. The molecule has 2 rings (SSSR count). The van der Waals surface area contributed by atoms with Gasteiger partial charge in [0.05, 0.1) is 11.4 Å². The number of anilines is 2. The zero-order chi connectivity index (χ0) is 13.3. The summed E-state index contributed by atoms with van der Waals surface area (Å²) in [5, 5.41) is 4.60. The third-order valence-electron chi connectivity index (χ3n) is 4.12. The molecule has 2 N–H and O–H groups in total. The fraction of sp³-hybridized carbons (Fsp3) is 0.786. The molecule has 4 nitrogen and oxygen atoms in total. The van der Waals surface area contributed by atoms with E-state index in [1.807, 2.05) is 11.7 Å². The second-order valence-electron chi connectivity index (χ2n) is 5.45. The Morgan fingerprint density at radius 1 is 1.33 bits per heavy atom. The van der Waals surface area contributed by atoms with E-state index in [4.69, 9.17) is 5.73 Å². The average Bonchev–Trinajstić information content (AvgIpc) is 2.82. The maximum atomic E-state index is 6.32. The van der Waals surface area contributed by atoms with Crippen LogP contribution in [0.25, 0.3) is 0 Å². The molecule has 2 unspecified atom stereocenters. The Balaban J connectivity index is 2.37. The minimum absolute atomic E-state index is 0.571. The van der Waals surface area contributed by atoms with Crippen molar-refractivity contribution in [3.05, 3.63) is 5.69 Å². The lowest BCUT2D eigenvalue weighted by molar-refractivity contribution is 0.598. The van der Waals surface area contributed by atoms with Crippen molar-refractivity contribution in [1.29, 1.82) is 0 Å². The standard InChI is InChI=1S/C14H26N4/c1-5-7-12-13(15)14(17(4)16-12)18-10(3)8-9-11(18)6-2/h10-11H,5-9,15H2,1-4H3. The molecule has 0 spiro atoms. The van der Waals surface area contributed by atoms with Gasteiger partial charge in [-0.2, -0.15) is 5.10 Å². The summed E-state index contributed by atoms with van der Waals surface area (Å²) < 4.78 is 1.98. The van der Waals surface area contributed by atoms with Gasteiger partial charge in [-0.1, -0.05) is 20.3 Å². The van der Waals surface area contributed by atoms with E-state index in [0.29, 0.717) is 12.1 Å². The van der Waals surface area contributed by atoms with Crippen molar-refractivity contribution in [2.75, 3.05) is 10.6 Å². The second kappa shape index (κ2) is 5.21. The molecule has 1 fully saturated rings. The van der Waals surface area contributed by atoms with Crippen LogP contribution in [0.15, 0.2) is 0 Å². The van der Waals surface area contributed by atoms with Crippen molar-refractivity contribution in [2.45, 2.75) is 65.0 Å². The molecule has 1 aliphatic rings. The van der Waals surface area contributed by atoms with Gasteiger partial charge in [-0.05, 0) is 32.6 Å². The van der Waals surface area contributed by atoms with Crippen LogP contribution in [0.4, 0.5) is 11.5 Å². The number of hydrogen-bond acceptors (Lipinski definition) is 3. The summed E-state index contributed by atoms with van der Waals surface area (Å²) >= 11 is 0. The van der Waals surface area contributed by atoms with Gasteiger partial charge >= 0.3 is 0 Å². The molecule has 1 aromatic rings. The number of aromatic nitrogens is 2. The van der Waals surface area contributed by atoms with E-state index < -0.39 is 0 Å². The van der Waals surface area contributed by atoms with Gasteiger partial charge in [0.25, 0.3) is 0 Å². The minimum Gasteiger partial charge on any atom is -0.394 e. The predicted octanol–water partition coefficient (Wildman–Crippen LogP) is 2.72. The van der Waals surface area contributed by atoms with Gasteiger partial charge < -0.3 is 10.6 Å². The van der Waals surface area contributed by atoms with Crippen molar-refractivity contribution in [1.82, 2.24) is 9.78 Å². The summed E-state index contributed by atoms with van der Waals surface area (Å²) in [5.41, 5.74) is 8.28. The number of aryl methyl sites for hydroxylation is 2. The third kappa shape index (κ3) is 2.08. The molecule has 0 radical (unpaired) electrons. The number of hydrogen-bond donors (Lipinski definition) is 1. The largest absolute Gasteiger partial charge is 0.394 e. The first-order valence-corrected chi connectivity index (χ1v) is 7.19. The van der Waals surface area contributed by atoms with Crippen LogP contribution < -0.4 is 10.6 Å². The zero-order valence-electron chi connectivity index (χ0n) is 12.1. The Kier molecular flexibility index (Phi) is 3.83. The van der Waals surface area contributed by atoms with Gasteiger partial charge in [-0.3, -0.25) is 4.68 Å². The molecule has 1 aliphatic heterocycles. The zero-order valence-corrected chi connectivity index (χ0v) is 12.1. The maximum absolute atomic E-state index is 6.32. The van der Waals surface area contributed by atoms with Crippen molar-refractivity contribution in [2.24, 2.45) is 7.05 Å². The lowest BCUT2D eigenvalue weighted by atomic mass is 10.1. The Morgan fingerprint density at radius 3 is 2.67 bits per heavy atom. The Hall–Kier alpha value is -1.19. The topological polar surface area (TPSA) is 47.1 Å². The predicted molar refractivity (Wildman–Crippen MR) is 76.9 cm³/mol.